The average Bonchev–Trinajstić information content (AvgIpc) is 2.44. The van der Waals surface area contributed by atoms with E-state index in [4.69, 9.17) is 4.74 Å². The monoisotopic (exact) mass is 166 g/mol. The van der Waals surface area contributed by atoms with Gasteiger partial charge in [-0.1, -0.05) is 0 Å². The fourth-order valence-electron chi connectivity index (χ4n) is 4.71. The summed E-state index contributed by atoms with van der Waals surface area (Å²) in [5.74, 6) is 2.81. The average molecular weight is 166 g/mol. The van der Waals surface area contributed by atoms with Crippen molar-refractivity contribution in [2.45, 2.75) is 37.6 Å². The standard InChI is InChI=1S/C10H14O2/c1-10-6-2-5-7(11)3-4(6)9(12-10)8(5)10/h4-9,11H,2-3H2,1H3. The first-order chi connectivity index (χ1) is 5.72. The van der Waals surface area contributed by atoms with Crippen molar-refractivity contribution in [2.75, 3.05) is 0 Å². The highest BCUT2D eigenvalue weighted by Gasteiger charge is 2.78. The van der Waals surface area contributed by atoms with E-state index >= 15 is 0 Å². The molecule has 66 valence electrons. The van der Waals surface area contributed by atoms with E-state index in [9.17, 15) is 5.11 Å². The van der Waals surface area contributed by atoms with Gasteiger partial charge in [-0.2, -0.15) is 0 Å². The summed E-state index contributed by atoms with van der Waals surface area (Å²) >= 11 is 0. The third-order valence-electron chi connectivity index (χ3n) is 5.08. The maximum atomic E-state index is 9.79. The molecule has 0 aromatic rings. The molecule has 0 amide bonds. The van der Waals surface area contributed by atoms with E-state index in [0.717, 1.165) is 18.3 Å². The summed E-state index contributed by atoms with van der Waals surface area (Å²) in [5.41, 5.74) is 0.192. The summed E-state index contributed by atoms with van der Waals surface area (Å²) in [5, 5.41) is 9.79. The predicted molar refractivity (Wildman–Crippen MR) is 42.5 cm³/mol. The van der Waals surface area contributed by atoms with Crippen LogP contribution in [0.3, 0.4) is 0 Å². The molecule has 5 fully saturated rings. The predicted octanol–water partition coefficient (Wildman–Crippen LogP) is 0.791. The molecule has 1 saturated heterocycles. The van der Waals surface area contributed by atoms with Crippen LogP contribution in [0.4, 0.5) is 0 Å². The fourth-order valence-corrected chi connectivity index (χ4v) is 4.71. The van der Waals surface area contributed by atoms with E-state index in [-0.39, 0.29) is 11.7 Å². The third-order valence-corrected chi connectivity index (χ3v) is 5.08. The second-order valence-corrected chi connectivity index (χ2v) is 5.27. The van der Waals surface area contributed by atoms with Crippen LogP contribution in [-0.4, -0.2) is 22.9 Å². The van der Waals surface area contributed by atoms with Gasteiger partial charge in [-0.15, -0.1) is 0 Å². The highest BCUT2D eigenvalue weighted by molar-refractivity contribution is 5.25. The molecule has 7 atom stereocenters. The van der Waals surface area contributed by atoms with E-state index in [2.05, 4.69) is 6.92 Å². The molecule has 1 N–H and O–H groups in total. The van der Waals surface area contributed by atoms with E-state index < -0.39 is 0 Å². The Morgan fingerprint density at radius 3 is 2.75 bits per heavy atom. The summed E-state index contributed by atoms with van der Waals surface area (Å²) in [7, 11) is 0. The van der Waals surface area contributed by atoms with E-state index in [1.165, 1.54) is 6.42 Å². The van der Waals surface area contributed by atoms with Crippen molar-refractivity contribution in [1.29, 1.82) is 0 Å². The van der Waals surface area contributed by atoms with Crippen molar-refractivity contribution in [3.05, 3.63) is 0 Å². The van der Waals surface area contributed by atoms with Gasteiger partial charge in [-0.3, -0.25) is 0 Å². The van der Waals surface area contributed by atoms with Gasteiger partial charge in [0.05, 0.1) is 17.8 Å². The molecule has 5 rings (SSSR count). The van der Waals surface area contributed by atoms with Crippen molar-refractivity contribution < 1.29 is 9.84 Å². The third kappa shape index (κ3) is 0.391. The maximum absolute atomic E-state index is 9.79. The normalized spacial score (nSPS) is 76.5. The summed E-state index contributed by atoms with van der Waals surface area (Å²) < 4.78 is 5.90. The maximum Gasteiger partial charge on any atom is 0.0746 e. The number of hydrogen-bond acceptors (Lipinski definition) is 2. The Morgan fingerprint density at radius 1 is 1.33 bits per heavy atom. The topological polar surface area (TPSA) is 29.5 Å². The second kappa shape index (κ2) is 1.48. The summed E-state index contributed by atoms with van der Waals surface area (Å²) in [6, 6.07) is 0. The number of aliphatic hydroxyl groups is 1. The van der Waals surface area contributed by atoms with Gasteiger partial charge in [0.15, 0.2) is 0 Å². The molecule has 2 heteroatoms. The van der Waals surface area contributed by atoms with Gasteiger partial charge in [0.1, 0.15) is 0 Å². The molecule has 0 aromatic carbocycles. The van der Waals surface area contributed by atoms with Crippen molar-refractivity contribution >= 4 is 0 Å². The van der Waals surface area contributed by atoms with Crippen LogP contribution < -0.4 is 0 Å². The molecule has 4 aliphatic carbocycles. The molecule has 5 aliphatic rings. The molecular weight excluding hydrogens is 152 g/mol. The molecule has 1 aliphatic heterocycles. The zero-order valence-corrected chi connectivity index (χ0v) is 7.23. The van der Waals surface area contributed by atoms with Gasteiger partial charge in [-0.05, 0) is 37.5 Å². The van der Waals surface area contributed by atoms with Gasteiger partial charge in [-0.25, -0.2) is 0 Å². The van der Waals surface area contributed by atoms with Gasteiger partial charge < -0.3 is 9.84 Å². The Bertz CT molecular complexity index is 265. The van der Waals surface area contributed by atoms with Crippen LogP contribution in [0.5, 0.6) is 0 Å². The minimum Gasteiger partial charge on any atom is -0.393 e. The van der Waals surface area contributed by atoms with Gasteiger partial charge in [0.25, 0.3) is 0 Å². The Morgan fingerprint density at radius 2 is 2.17 bits per heavy atom. The molecule has 0 spiro atoms. The van der Waals surface area contributed by atoms with Crippen LogP contribution >= 0.6 is 0 Å². The van der Waals surface area contributed by atoms with Crippen LogP contribution in [0.1, 0.15) is 19.8 Å². The Balaban J connectivity index is 1.89. The fraction of sp³-hybridized carbons (Fsp3) is 1.00. The second-order valence-electron chi connectivity index (χ2n) is 5.27. The van der Waals surface area contributed by atoms with Crippen LogP contribution in [0.25, 0.3) is 0 Å². The number of hydrogen-bond donors (Lipinski definition) is 1. The first-order valence-electron chi connectivity index (χ1n) is 5.08. The molecule has 1 heterocycles. The van der Waals surface area contributed by atoms with E-state index in [0.29, 0.717) is 17.9 Å². The Hall–Kier alpha value is -0.0800. The number of aliphatic hydroxyl groups excluding tert-OH is 1. The van der Waals surface area contributed by atoms with E-state index in [1.807, 2.05) is 0 Å². The lowest BCUT2D eigenvalue weighted by molar-refractivity contribution is -0.234. The quantitative estimate of drug-likeness (QED) is 0.576. The van der Waals surface area contributed by atoms with Crippen LogP contribution in [0.2, 0.25) is 0 Å². The van der Waals surface area contributed by atoms with Crippen LogP contribution in [-0.2, 0) is 4.74 Å². The molecule has 4 saturated carbocycles. The number of rotatable bonds is 0. The summed E-state index contributed by atoms with van der Waals surface area (Å²) in [4.78, 5) is 0. The lowest BCUT2D eigenvalue weighted by Crippen LogP contribution is -2.56. The summed E-state index contributed by atoms with van der Waals surface area (Å²) in [6.07, 6.45) is 2.80. The van der Waals surface area contributed by atoms with Crippen molar-refractivity contribution in [3.63, 3.8) is 0 Å². The molecule has 7 unspecified atom stereocenters. The van der Waals surface area contributed by atoms with E-state index in [1.54, 1.807) is 0 Å². The molecular formula is C10H14O2. The SMILES string of the molecule is CC12OC3C4CC(O)C(CC41)C32. The first kappa shape index (κ1) is 6.39. The van der Waals surface area contributed by atoms with Gasteiger partial charge in [0.2, 0.25) is 0 Å². The van der Waals surface area contributed by atoms with Crippen molar-refractivity contribution in [2.24, 2.45) is 23.7 Å². The zero-order chi connectivity index (χ0) is 8.09. The Labute approximate surface area is 71.9 Å². The van der Waals surface area contributed by atoms with Crippen molar-refractivity contribution in [3.8, 4) is 0 Å². The zero-order valence-electron chi connectivity index (χ0n) is 7.23. The van der Waals surface area contributed by atoms with Crippen molar-refractivity contribution in [1.82, 2.24) is 0 Å². The largest absolute Gasteiger partial charge is 0.393 e. The molecule has 12 heavy (non-hydrogen) atoms. The van der Waals surface area contributed by atoms with Crippen LogP contribution in [0, 0.1) is 23.7 Å². The molecule has 0 aromatic heterocycles. The van der Waals surface area contributed by atoms with Gasteiger partial charge in [0, 0.05) is 5.92 Å². The Kier molecular flexibility index (Phi) is 0.789. The first-order valence-corrected chi connectivity index (χ1v) is 5.08. The molecule has 0 radical (unpaired) electrons. The molecule has 6 bridgehead atoms. The highest BCUT2D eigenvalue weighted by Crippen LogP contribution is 2.73. The lowest BCUT2D eigenvalue weighted by Gasteiger charge is -2.50. The number of fused-ring (bicyclic) bond motifs is 1. The van der Waals surface area contributed by atoms with Crippen LogP contribution in [0.15, 0.2) is 0 Å². The number of ether oxygens (including phenoxy) is 1. The lowest BCUT2D eigenvalue weighted by atomic mass is 9.67. The minimum absolute atomic E-state index is 0.00164. The highest BCUT2D eigenvalue weighted by atomic mass is 16.5. The minimum atomic E-state index is -0.00164. The summed E-state index contributed by atoms with van der Waals surface area (Å²) in [6.45, 7) is 2.26. The van der Waals surface area contributed by atoms with Gasteiger partial charge >= 0.3 is 0 Å². The smallest absolute Gasteiger partial charge is 0.0746 e. The molecule has 2 nitrogen and oxygen atoms in total.